The summed E-state index contributed by atoms with van der Waals surface area (Å²) in [5.41, 5.74) is 2.95. The summed E-state index contributed by atoms with van der Waals surface area (Å²) in [7, 11) is -1.39. The first-order chi connectivity index (χ1) is 12.0. The van der Waals surface area contributed by atoms with E-state index < -0.39 is 15.8 Å². The highest BCUT2D eigenvalue weighted by atomic mass is 32.2. The molecule has 1 unspecified atom stereocenters. The third kappa shape index (κ3) is 4.65. The van der Waals surface area contributed by atoms with Crippen LogP contribution in [0.5, 0.6) is 0 Å². The van der Waals surface area contributed by atoms with Crippen LogP contribution in [0.4, 0.5) is 5.13 Å². The molecule has 1 aliphatic heterocycles. The zero-order valence-corrected chi connectivity index (χ0v) is 15.5. The number of benzene rings is 1. The van der Waals surface area contributed by atoms with E-state index in [9.17, 15) is 13.2 Å². The van der Waals surface area contributed by atoms with Crippen molar-refractivity contribution < 1.29 is 17.9 Å². The molecule has 2 heterocycles. The lowest BCUT2D eigenvalue weighted by Gasteiger charge is -2.06. The first-order valence-corrected chi connectivity index (χ1v) is 10.7. The number of hydrogen-bond donors (Lipinski definition) is 1. The number of amides is 1. The van der Waals surface area contributed by atoms with Crippen LogP contribution in [0.25, 0.3) is 11.3 Å². The van der Waals surface area contributed by atoms with E-state index >= 15 is 0 Å². The third-order valence-corrected chi connectivity index (χ3v) is 6.71. The number of thiazole rings is 1. The van der Waals surface area contributed by atoms with Crippen LogP contribution in [-0.2, 0) is 25.8 Å². The highest BCUT2D eigenvalue weighted by Crippen LogP contribution is 2.27. The Morgan fingerprint density at radius 3 is 2.76 bits per heavy atom. The van der Waals surface area contributed by atoms with Gasteiger partial charge < -0.3 is 10.1 Å². The molecule has 1 aromatic heterocycles. The van der Waals surface area contributed by atoms with Crippen LogP contribution in [0.2, 0.25) is 0 Å². The van der Waals surface area contributed by atoms with Crippen LogP contribution in [0.3, 0.4) is 0 Å². The number of hydrogen-bond acceptors (Lipinski definition) is 6. The summed E-state index contributed by atoms with van der Waals surface area (Å²) in [5, 5.41) is 5.11. The molecule has 25 heavy (non-hydrogen) atoms. The number of aromatic nitrogens is 1. The van der Waals surface area contributed by atoms with Gasteiger partial charge in [-0.1, -0.05) is 24.3 Å². The van der Waals surface area contributed by atoms with Gasteiger partial charge in [0.2, 0.25) is 5.91 Å². The van der Waals surface area contributed by atoms with Gasteiger partial charge in [0.15, 0.2) is 15.0 Å². The molecular formula is C17H20N2O4S2. The summed E-state index contributed by atoms with van der Waals surface area (Å²) in [6.07, 6.45) is 1.24. The van der Waals surface area contributed by atoms with E-state index in [0.29, 0.717) is 18.2 Å². The minimum atomic E-state index is -3.07. The summed E-state index contributed by atoms with van der Waals surface area (Å²) >= 11 is 1.34. The Labute approximate surface area is 151 Å². The Hall–Kier alpha value is -1.77. The number of rotatable bonds is 6. The molecular weight excluding hydrogens is 360 g/mol. The zero-order chi connectivity index (χ0) is 17.9. The van der Waals surface area contributed by atoms with Gasteiger partial charge in [-0.25, -0.2) is 13.4 Å². The van der Waals surface area contributed by atoms with Crippen molar-refractivity contribution in [1.82, 2.24) is 4.98 Å². The van der Waals surface area contributed by atoms with Gasteiger partial charge in [-0.15, -0.1) is 11.3 Å². The average Bonchev–Trinajstić information content (AvgIpc) is 3.20. The first kappa shape index (κ1) is 18.0. The van der Waals surface area contributed by atoms with Crippen LogP contribution < -0.4 is 5.32 Å². The van der Waals surface area contributed by atoms with Crippen LogP contribution >= 0.6 is 11.3 Å². The molecule has 8 heteroatoms. The van der Waals surface area contributed by atoms with Crippen molar-refractivity contribution in [2.24, 2.45) is 5.92 Å². The molecule has 1 amide bonds. The average molecular weight is 380 g/mol. The summed E-state index contributed by atoms with van der Waals surface area (Å²) in [5.74, 6) is -0.724. The Kier molecular flexibility index (Phi) is 5.51. The molecule has 1 aliphatic rings. The molecule has 6 nitrogen and oxygen atoms in total. The van der Waals surface area contributed by atoms with E-state index in [-0.39, 0.29) is 17.4 Å². The predicted octanol–water partition coefficient (Wildman–Crippen LogP) is 2.37. The molecule has 0 aliphatic carbocycles. The number of anilines is 1. The fraction of sp³-hybridized carbons (Fsp3) is 0.412. The molecule has 0 bridgehead atoms. The van der Waals surface area contributed by atoms with Crippen LogP contribution in [-0.4, -0.2) is 44.5 Å². The molecule has 2 aromatic rings. The maximum atomic E-state index is 12.2. The van der Waals surface area contributed by atoms with E-state index in [0.717, 1.165) is 17.7 Å². The van der Waals surface area contributed by atoms with Crippen LogP contribution in [0, 0.1) is 5.92 Å². The number of nitrogens with one attached hydrogen (secondary N) is 1. The second kappa shape index (κ2) is 7.63. The van der Waals surface area contributed by atoms with Gasteiger partial charge in [-0.05, 0) is 18.4 Å². The van der Waals surface area contributed by atoms with Gasteiger partial charge in [-0.2, -0.15) is 0 Å². The first-order valence-electron chi connectivity index (χ1n) is 8.02. The smallest absolute Gasteiger partial charge is 0.230 e. The second-order valence-electron chi connectivity index (χ2n) is 6.07. The van der Waals surface area contributed by atoms with Gasteiger partial charge >= 0.3 is 0 Å². The van der Waals surface area contributed by atoms with Gasteiger partial charge in [0, 0.05) is 18.1 Å². The third-order valence-electron chi connectivity index (χ3n) is 4.18. The number of ether oxygens (including phenoxy) is 1. The van der Waals surface area contributed by atoms with Crippen molar-refractivity contribution in [1.29, 1.82) is 0 Å². The molecule has 1 atom stereocenters. The molecule has 1 saturated heterocycles. The van der Waals surface area contributed by atoms with Crippen molar-refractivity contribution in [2.75, 3.05) is 30.5 Å². The number of methoxy groups -OCH3 is 1. The summed E-state index contributed by atoms with van der Waals surface area (Å²) < 4.78 is 28.0. The zero-order valence-electron chi connectivity index (χ0n) is 13.9. The van der Waals surface area contributed by atoms with Crippen molar-refractivity contribution in [2.45, 2.75) is 12.8 Å². The maximum Gasteiger partial charge on any atom is 0.230 e. The quantitative estimate of drug-likeness (QED) is 0.832. The molecule has 0 saturated carbocycles. The lowest BCUT2D eigenvalue weighted by atomic mass is 10.1. The predicted molar refractivity (Wildman–Crippen MR) is 98.5 cm³/mol. The van der Waals surface area contributed by atoms with E-state index in [1.165, 1.54) is 16.9 Å². The van der Waals surface area contributed by atoms with Gasteiger partial charge in [0.25, 0.3) is 0 Å². The fourth-order valence-corrected chi connectivity index (χ4v) is 5.20. The summed E-state index contributed by atoms with van der Waals surface area (Å²) in [6, 6.07) is 8.06. The SMILES string of the molecule is COCCc1ccc(-c2csc(NC(=O)C3CCS(=O)(=O)C3)n2)cc1. The Morgan fingerprint density at radius 1 is 1.36 bits per heavy atom. The topological polar surface area (TPSA) is 85.4 Å². The molecule has 0 spiro atoms. The largest absolute Gasteiger partial charge is 0.384 e. The molecule has 3 rings (SSSR count). The summed E-state index contributed by atoms with van der Waals surface area (Å²) in [4.78, 5) is 16.6. The Bertz CT molecular complexity index is 844. The lowest BCUT2D eigenvalue weighted by molar-refractivity contribution is -0.119. The van der Waals surface area contributed by atoms with Crippen LogP contribution in [0.1, 0.15) is 12.0 Å². The fourth-order valence-electron chi connectivity index (χ4n) is 2.74. The minimum absolute atomic E-state index is 0.0694. The van der Waals surface area contributed by atoms with E-state index in [1.54, 1.807) is 7.11 Å². The molecule has 1 N–H and O–H groups in total. The van der Waals surface area contributed by atoms with Crippen molar-refractivity contribution in [3.63, 3.8) is 0 Å². The Balaban J connectivity index is 1.63. The monoisotopic (exact) mass is 380 g/mol. The molecule has 134 valence electrons. The summed E-state index contributed by atoms with van der Waals surface area (Å²) in [6.45, 7) is 0.684. The molecule has 1 fully saturated rings. The number of sulfone groups is 1. The van der Waals surface area contributed by atoms with Gasteiger partial charge in [0.1, 0.15) is 0 Å². The normalized spacial score (nSPS) is 19.0. The number of carbonyl (C=O) groups excluding carboxylic acids is 1. The van der Waals surface area contributed by atoms with E-state index in [2.05, 4.69) is 10.3 Å². The standard InChI is InChI=1S/C17H20N2O4S2/c1-23-8-6-12-2-4-13(5-3-12)15-10-24-17(18-15)19-16(20)14-7-9-25(21,22)11-14/h2-5,10,14H,6-9,11H2,1H3,(H,18,19,20). The van der Waals surface area contributed by atoms with Crippen molar-refractivity contribution in [3.05, 3.63) is 35.2 Å². The van der Waals surface area contributed by atoms with Crippen LogP contribution in [0.15, 0.2) is 29.6 Å². The van der Waals surface area contributed by atoms with Gasteiger partial charge in [-0.3, -0.25) is 4.79 Å². The molecule has 1 aromatic carbocycles. The molecule has 0 radical (unpaired) electrons. The van der Waals surface area contributed by atoms with Crippen molar-refractivity contribution >= 4 is 32.2 Å². The maximum absolute atomic E-state index is 12.2. The number of carbonyl (C=O) groups is 1. The van der Waals surface area contributed by atoms with Gasteiger partial charge in [0.05, 0.1) is 29.7 Å². The van der Waals surface area contributed by atoms with E-state index in [1.807, 2.05) is 29.6 Å². The Morgan fingerprint density at radius 2 is 2.12 bits per heavy atom. The van der Waals surface area contributed by atoms with E-state index in [4.69, 9.17) is 4.74 Å². The highest BCUT2D eigenvalue weighted by molar-refractivity contribution is 7.91. The van der Waals surface area contributed by atoms with Crippen molar-refractivity contribution in [3.8, 4) is 11.3 Å². The number of nitrogens with zero attached hydrogens (tertiary/aromatic N) is 1. The minimum Gasteiger partial charge on any atom is -0.384 e. The highest BCUT2D eigenvalue weighted by Gasteiger charge is 2.33. The second-order valence-corrected chi connectivity index (χ2v) is 9.15. The lowest BCUT2D eigenvalue weighted by Crippen LogP contribution is -2.23.